The SMILES string of the molecule is CC(C)c1cn(Cc2ccncc2)c(COC(N)=O)n1. The fraction of sp³-hybridized carbons (Fsp3) is 0.357. The summed E-state index contributed by atoms with van der Waals surface area (Å²) < 4.78 is 6.81. The van der Waals surface area contributed by atoms with Crippen molar-refractivity contribution in [1.82, 2.24) is 14.5 Å². The van der Waals surface area contributed by atoms with Crippen LogP contribution in [0.4, 0.5) is 4.79 Å². The van der Waals surface area contributed by atoms with Crippen molar-refractivity contribution in [1.29, 1.82) is 0 Å². The zero-order valence-electron chi connectivity index (χ0n) is 11.6. The van der Waals surface area contributed by atoms with Crippen LogP contribution < -0.4 is 5.73 Å². The smallest absolute Gasteiger partial charge is 0.404 e. The summed E-state index contributed by atoms with van der Waals surface area (Å²) >= 11 is 0. The highest BCUT2D eigenvalue weighted by Crippen LogP contribution is 2.16. The number of hydrogen-bond acceptors (Lipinski definition) is 4. The lowest BCUT2D eigenvalue weighted by Gasteiger charge is -2.07. The molecule has 2 aromatic rings. The molecule has 0 saturated carbocycles. The maximum Gasteiger partial charge on any atom is 0.404 e. The monoisotopic (exact) mass is 274 g/mol. The number of hydrogen-bond donors (Lipinski definition) is 1. The number of aromatic nitrogens is 3. The summed E-state index contributed by atoms with van der Waals surface area (Å²) in [4.78, 5) is 19.2. The Bertz CT molecular complexity index is 578. The number of nitrogens with two attached hydrogens (primary N) is 1. The van der Waals surface area contributed by atoms with Gasteiger partial charge >= 0.3 is 6.09 Å². The number of amides is 1. The van der Waals surface area contributed by atoms with Crippen molar-refractivity contribution in [2.24, 2.45) is 5.73 Å². The number of imidazole rings is 1. The molecule has 1 amide bonds. The first-order valence-electron chi connectivity index (χ1n) is 6.43. The molecule has 20 heavy (non-hydrogen) atoms. The highest BCUT2D eigenvalue weighted by atomic mass is 16.5. The average Bonchev–Trinajstić information content (AvgIpc) is 2.81. The fourth-order valence-corrected chi connectivity index (χ4v) is 1.83. The van der Waals surface area contributed by atoms with Gasteiger partial charge in [0.1, 0.15) is 5.82 Å². The van der Waals surface area contributed by atoms with Gasteiger partial charge in [-0.15, -0.1) is 0 Å². The van der Waals surface area contributed by atoms with Gasteiger partial charge in [-0.05, 0) is 23.6 Å². The lowest BCUT2D eigenvalue weighted by molar-refractivity contribution is 0.146. The van der Waals surface area contributed by atoms with Crippen molar-refractivity contribution in [3.63, 3.8) is 0 Å². The minimum Gasteiger partial charge on any atom is -0.442 e. The van der Waals surface area contributed by atoms with Crippen LogP contribution in [0.1, 0.15) is 36.8 Å². The van der Waals surface area contributed by atoms with E-state index in [1.807, 2.05) is 22.9 Å². The highest BCUT2D eigenvalue weighted by Gasteiger charge is 2.12. The molecule has 6 nitrogen and oxygen atoms in total. The Balaban J connectivity index is 2.22. The zero-order chi connectivity index (χ0) is 14.5. The molecule has 0 saturated heterocycles. The summed E-state index contributed by atoms with van der Waals surface area (Å²) in [5.41, 5.74) is 7.07. The zero-order valence-corrected chi connectivity index (χ0v) is 11.6. The summed E-state index contributed by atoms with van der Waals surface area (Å²) in [5, 5.41) is 0. The molecule has 0 aromatic carbocycles. The van der Waals surface area contributed by atoms with E-state index in [-0.39, 0.29) is 6.61 Å². The van der Waals surface area contributed by atoms with E-state index in [1.54, 1.807) is 12.4 Å². The second-order valence-electron chi connectivity index (χ2n) is 4.83. The minimum absolute atomic E-state index is 0.0765. The summed E-state index contributed by atoms with van der Waals surface area (Å²) in [6.45, 7) is 4.86. The molecule has 2 aromatic heterocycles. The van der Waals surface area contributed by atoms with Crippen LogP contribution in [0.15, 0.2) is 30.7 Å². The maximum atomic E-state index is 10.7. The maximum absolute atomic E-state index is 10.7. The van der Waals surface area contributed by atoms with Crippen molar-refractivity contribution >= 4 is 6.09 Å². The summed E-state index contributed by atoms with van der Waals surface area (Å²) in [6.07, 6.45) is 4.67. The lowest BCUT2D eigenvalue weighted by atomic mass is 10.2. The Morgan fingerprint density at radius 3 is 2.70 bits per heavy atom. The molecule has 106 valence electrons. The van der Waals surface area contributed by atoms with Crippen LogP contribution in [0.2, 0.25) is 0 Å². The first-order chi connectivity index (χ1) is 9.56. The van der Waals surface area contributed by atoms with Gasteiger partial charge in [-0.2, -0.15) is 0 Å². The molecule has 0 unspecified atom stereocenters. The van der Waals surface area contributed by atoms with E-state index in [2.05, 4.69) is 23.8 Å². The van der Waals surface area contributed by atoms with Crippen LogP contribution in [-0.4, -0.2) is 20.6 Å². The molecule has 0 aliphatic carbocycles. The number of nitrogens with zero attached hydrogens (tertiary/aromatic N) is 3. The third-order valence-electron chi connectivity index (χ3n) is 2.92. The van der Waals surface area contributed by atoms with Crippen LogP contribution in [-0.2, 0) is 17.9 Å². The number of primary amides is 1. The third-order valence-corrected chi connectivity index (χ3v) is 2.92. The van der Waals surface area contributed by atoms with E-state index in [9.17, 15) is 4.79 Å². The molecule has 0 radical (unpaired) electrons. The van der Waals surface area contributed by atoms with Gasteiger partial charge in [0.05, 0.1) is 5.69 Å². The number of carbonyl (C=O) groups is 1. The van der Waals surface area contributed by atoms with Gasteiger partial charge in [-0.25, -0.2) is 9.78 Å². The topological polar surface area (TPSA) is 83.0 Å². The molecule has 2 N–H and O–H groups in total. The summed E-state index contributed by atoms with van der Waals surface area (Å²) in [6, 6.07) is 3.88. The molecular weight excluding hydrogens is 256 g/mol. The largest absolute Gasteiger partial charge is 0.442 e. The van der Waals surface area contributed by atoms with Crippen molar-refractivity contribution in [2.75, 3.05) is 0 Å². The lowest BCUT2D eigenvalue weighted by Crippen LogP contribution is -2.15. The van der Waals surface area contributed by atoms with Crippen LogP contribution >= 0.6 is 0 Å². The van der Waals surface area contributed by atoms with E-state index in [1.165, 1.54) is 0 Å². The minimum atomic E-state index is -0.797. The van der Waals surface area contributed by atoms with Gasteiger partial charge in [0, 0.05) is 25.1 Å². The van der Waals surface area contributed by atoms with E-state index in [0.29, 0.717) is 18.3 Å². The predicted octanol–water partition coefficient (Wildman–Crippen LogP) is 2.05. The van der Waals surface area contributed by atoms with Crippen molar-refractivity contribution in [3.05, 3.63) is 47.8 Å². The summed E-state index contributed by atoms with van der Waals surface area (Å²) in [5.74, 6) is 0.991. The molecule has 0 spiro atoms. The van der Waals surface area contributed by atoms with Gasteiger partial charge in [0.15, 0.2) is 6.61 Å². The third kappa shape index (κ3) is 3.57. The second-order valence-corrected chi connectivity index (χ2v) is 4.83. The molecule has 0 aliphatic rings. The van der Waals surface area contributed by atoms with Crippen LogP contribution in [0, 0.1) is 0 Å². The number of pyridine rings is 1. The molecule has 0 bridgehead atoms. The molecule has 6 heteroatoms. The number of ether oxygens (including phenoxy) is 1. The Kier molecular flexibility index (Phi) is 4.34. The number of carbonyl (C=O) groups excluding carboxylic acids is 1. The quantitative estimate of drug-likeness (QED) is 0.904. The Labute approximate surface area is 117 Å². The Morgan fingerprint density at radius 2 is 2.10 bits per heavy atom. The van der Waals surface area contributed by atoms with Gasteiger partial charge in [-0.1, -0.05) is 13.8 Å². The van der Waals surface area contributed by atoms with Gasteiger partial charge in [0.25, 0.3) is 0 Å². The molecule has 2 heterocycles. The molecular formula is C14H18N4O2. The first kappa shape index (κ1) is 14.0. The highest BCUT2D eigenvalue weighted by molar-refractivity contribution is 5.64. The molecule has 0 atom stereocenters. The van der Waals surface area contributed by atoms with Crippen molar-refractivity contribution < 1.29 is 9.53 Å². The van der Waals surface area contributed by atoms with Crippen LogP contribution in [0.5, 0.6) is 0 Å². The summed E-state index contributed by atoms with van der Waals surface area (Å²) in [7, 11) is 0. The van der Waals surface area contributed by atoms with Crippen LogP contribution in [0.25, 0.3) is 0 Å². The average molecular weight is 274 g/mol. The molecule has 0 aliphatic heterocycles. The van der Waals surface area contributed by atoms with Crippen LogP contribution in [0.3, 0.4) is 0 Å². The second kappa shape index (κ2) is 6.18. The van der Waals surface area contributed by atoms with Gasteiger partial charge in [-0.3, -0.25) is 4.98 Å². The Hall–Kier alpha value is -2.37. The molecule has 2 rings (SSSR count). The predicted molar refractivity (Wildman–Crippen MR) is 74.0 cm³/mol. The van der Waals surface area contributed by atoms with Crippen molar-refractivity contribution in [2.45, 2.75) is 32.9 Å². The standard InChI is InChI=1S/C14H18N4O2/c1-10(2)12-8-18(7-11-3-5-16-6-4-11)13(17-12)9-20-14(15)19/h3-6,8,10H,7,9H2,1-2H3,(H2,15,19). The van der Waals surface area contributed by atoms with E-state index < -0.39 is 6.09 Å². The Morgan fingerprint density at radius 1 is 1.40 bits per heavy atom. The number of rotatable bonds is 5. The van der Waals surface area contributed by atoms with Gasteiger partial charge in [0.2, 0.25) is 0 Å². The van der Waals surface area contributed by atoms with Crippen molar-refractivity contribution in [3.8, 4) is 0 Å². The normalized spacial score (nSPS) is 10.8. The molecule has 0 fully saturated rings. The van der Waals surface area contributed by atoms with E-state index in [4.69, 9.17) is 10.5 Å². The fourth-order valence-electron chi connectivity index (χ4n) is 1.83. The first-order valence-corrected chi connectivity index (χ1v) is 6.43. The van der Waals surface area contributed by atoms with E-state index >= 15 is 0 Å². The van der Waals surface area contributed by atoms with Gasteiger partial charge < -0.3 is 15.0 Å². The van der Waals surface area contributed by atoms with E-state index in [0.717, 1.165) is 11.3 Å².